The minimum atomic E-state index is -0.310. The Labute approximate surface area is 156 Å². The van der Waals surface area contributed by atoms with Crippen LogP contribution < -0.4 is 4.74 Å². The summed E-state index contributed by atoms with van der Waals surface area (Å²) in [5, 5.41) is 3.03. The summed E-state index contributed by atoms with van der Waals surface area (Å²) in [6, 6.07) is 9.28. The maximum absolute atomic E-state index is 12.1. The highest BCUT2D eigenvalue weighted by atomic mass is 32.1. The lowest BCUT2D eigenvalue weighted by atomic mass is 10.1. The van der Waals surface area contributed by atoms with E-state index in [1.165, 1.54) is 0 Å². The monoisotopic (exact) mass is 368 g/mol. The zero-order valence-electron chi connectivity index (χ0n) is 14.8. The van der Waals surface area contributed by atoms with Gasteiger partial charge in [-0.1, -0.05) is 12.1 Å². The lowest BCUT2D eigenvalue weighted by molar-refractivity contribution is 0.0500. The summed E-state index contributed by atoms with van der Waals surface area (Å²) in [5.74, 6) is 0.421. The maximum Gasteiger partial charge on any atom is 0.338 e. The van der Waals surface area contributed by atoms with Crippen LogP contribution in [0, 0.1) is 6.92 Å². The molecule has 0 spiro atoms. The van der Waals surface area contributed by atoms with E-state index >= 15 is 0 Å². The van der Waals surface area contributed by atoms with E-state index in [0.717, 1.165) is 40.4 Å². The van der Waals surface area contributed by atoms with Crippen molar-refractivity contribution in [3.05, 3.63) is 64.2 Å². The number of aryl methyl sites for hydroxylation is 2. The van der Waals surface area contributed by atoms with Crippen molar-refractivity contribution in [2.24, 2.45) is 0 Å². The fraction of sp³-hybridized carbons (Fsp3) is 0.250. The van der Waals surface area contributed by atoms with Crippen molar-refractivity contribution in [2.45, 2.75) is 19.8 Å². The number of esters is 1. The van der Waals surface area contributed by atoms with Crippen molar-refractivity contribution in [3.63, 3.8) is 0 Å². The van der Waals surface area contributed by atoms with Gasteiger partial charge in [0.25, 0.3) is 0 Å². The molecule has 0 saturated carbocycles. The van der Waals surface area contributed by atoms with Crippen LogP contribution in [0.4, 0.5) is 0 Å². The van der Waals surface area contributed by atoms with Crippen LogP contribution in [0.5, 0.6) is 5.75 Å². The number of ether oxygens (including phenoxy) is 2. The summed E-state index contributed by atoms with van der Waals surface area (Å²) in [4.78, 5) is 20.7. The van der Waals surface area contributed by atoms with Gasteiger partial charge in [-0.15, -0.1) is 11.3 Å². The predicted octanol–water partition coefficient (Wildman–Crippen LogP) is 4.31. The average Bonchev–Trinajstić information content (AvgIpc) is 3.12. The lowest BCUT2D eigenvalue weighted by Gasteiger charge is -2.06. The Hall–Kier alpha value is -2.73. The molecule has 0 radical (unpaired) electrons. The van der Waals surface area contributed by atoms with Gasteiger partial charge in [0.1, 0.15) is 5.75 Å². The van der Waals surface area contributed by atoms with Crippen LogP contribution in [-0.2, 0) is 11.2 Å². The van der Waals surface area contributed by atoms with E-state index < -0.39 is 0 Å². The second-order valence-electron chi connectivity index (χ2n) is 5.80. The first-order chi connectivity index (χ1) is 12.7. The number of hydrogen-bond donors (Lipinski definition) is 0. The Morgan fingerprint density at radius 1 is 1.19 bits per heavy atom. The Bertz CT molecular complexity index is 875. The second kappa shape index (κ2) is 8.58. The molecule has 5 nitrogen and oxygen atoms in total. The molecular formula is C20H20N2O3S. The molecule has 6 heteroatoms. The predicted molar refractivity (Wildman–Crippen MR) is 102 cm³/mol. The van der Waals surface area contributed by atoms with E-state index in [0.29, 0.717) is 12.2 Å². The third-order valence-corrected chi connectivity index (χ3v) is 4.66. The Kier molecular flexibility index (Phi) is 5.96. The van der Waals surface area contributed by atoms with Crippen LogP contribution in [0.3, 0.4) is 0 Å². The van der Waals surface area contributed by atoms with Crippen LogP contribution in [-0.4, -0.2) is 29.7 Å². The molecule has 0 saturated heterocycles. The largest absolute Gasteiger partial charge is 0.495 e. The van der Waals surface area contributed by atoms with Gasteiger partial charge in [0.2, 0.25) is 0 Å². The second-order valence-corrected chi connectivity index (χ2v) is 6.86. The third kappa shape index (κ3) is 4.67. The number of methoxy groups -OCH3 is 1. The Balaban J connectivity index is 1.48. The van der Waals surface area contributed by atoms with Crippen molar-refractivity contribution in [3.8, 4) is 17.0 Å². The number of thiazole rings is 1. The zero-order valence-corrected chi connectivity index (χ0v) is 15.6. The first-order valence-corrected chi connectivity index (χ1v) is 9.21. The van der Waals surface area contributed by atoms with Crippen LogP contribution >= 0.6 is 11.3 Å². The lowest BCUT2D eigenvalue weighted by Crippen LogP contribution is -2.07. The molecule has 3 aromatic rings. The smallest absolute Gasteiger partial charge is 0.338 e. The van der Waals surface area contributed by atoms with Crippen molar-refractivity contribution < 1.29 is 14.3 Å². The summed E-state index contributed by atoms with van der Waals surface area (Å²) >= 11 is 1.61. The highest BCUT2D eigenvalue weighted by Crippen LogP contribution is 2.22. The van der Waals surface area contributed by atoms with Gasteiger partial charge in [-0.2, -0.15) is 0 Å². The minimum absolute atomic E-state index is 0.310. The number of nitrogens with zero attached hydrogens (tertiary/aromatic N) is 2. The number of carbonyl (C=O) groups excluding carboxylic acids is 1. The molecule has 0 bridgehead atoms. The molecular weight excluding hydrogens is 348 g/mol. The molecule has 1 aromatic carbocycles. The first-order valence-electron chi connectivity index (χ1n) is 8.33. The SMILES string of the molecule is COc1cncc(CCCOC(=O)c2ccc(-c3csc(C)n3)cc2)c1. The molecule has 0 aliphatic heterocycles. The molecule has 0 unspecified atom stereocenters. The van der Waals surface area contributed by atoms with Crippen molar-refractivity contribution in [1.82, 2.24) is 9.97 Å². The van der Waals surface area contributed by atoms with Crippen LogP contribution in [0.1, 0.15) is 27.3 Å². The minimum Gasteiger partial charge on any atom is -0.495 e. The number of benzene rings is 1. The van der Waals surface area contributed by atoms with E-state index in [4.69, 9.17) is 9.47 Å². The van der Waals surface area contributed by atoms with Crippen molar-refractivity contribution >= 4 is 17.3 Å². The van der Waals surface area contributed by atoms with Crippen LogP contribution in [0.2, 0.25) is 0 Å². The van der Waals surface area contributed by atoms with Gasteiger partial charge in [-0.25, -0.2) is 9.78 Å². The van der Waals surface area contributed by atoms with Gasteiger partial charge >= 0.3 is 5.97 Å². The van der Waals surface area contributed by atoms with E-state index in [1.54, 1.807) is 43.0 Å². The summed E-state index contributed by atoms with van der Waals surface area (Å²) in [5.41, 5.74) is 3.53. The van der Waals surface area contributed by atoms with Crippen LogP contribution in [0.25, 0.3) is 11.3 Å². The van der Waals surface area contributed by atoms with E-state index in [-0.39, 0.29) is 5.97 Å². The number of carbonyl (C=O) groups is 1. The molecule has 0 atom stereocenters. The fourth-order valence-electron chi connectivity index (χ4n) is 2.51. The Morgan fingerprint density at radius 2 is 2.00 bits per heavy atom. The van der Waals surface area contributed by atoms with E-state index in [9.17, 15) is 4.79 Å². The number of rotatable bonds is 7. The van der Waals surface area contributed by atoms with E-state index in [1.807, 2.05) is 30.5 Å². The summed E-state index contributed by atoms with van der Waals surface area (Å²) < 4.78 is 10.5. The fourth-order valence-corrected chi connectivity index (χ4v) is 3.13. The van der Waals surface area contributed by atoms with Gasteiger partial charge in [-0.05, 0) is 43.5 Å². The van der Waals surface area contributed by atoms with Crippen molar-refractivity contribution in [1.29, 1.82) is 0 Å². The highest BCUT2D eigenvalue weighted by molar-refractivity contribution is 7.09. The van der Waals surface area contributed by atoms with E-state index in [2.05, 4.69) is 9.97 Å². The normalized spacial score (nSPS) is 10.5. The molecule has 0 aliphatic carbocycles. The molecule has 0 fully saturated rings. The molecule has 0 amide bonds. The number of hydrogen-bond acceptors (Lipinski definition) is 6. The molecule has 2 aromatic heterocycles. The van der Waals surface area contributed by atoms with Gasteiger partial charge in [0.05, 0.1) is 36.2 Å². The molecule has 2 heterocycles. The van der Waals surface area contributed by atoms with Crippen LogP contribution in [0.15, 0.2) is 48.1 Å². The quantitative estimate of drug-likeness (QED) is 0.459. The maximum atomic E-state index is 12.1. The number of pyridine rings is 1. The Morgan fingerprint density at radius 3 is 2.69 bits per heavy atom. The molecule has 26 heavy (non-hydrogen) atoms. The van der Waals surface area contributed by atoms with Gasteiger partial charge in [-0.3, -0.25) is 4.98 Å². The van der Waals surface area contributed by atoms with Gasteiger partial charge in [0.15, 0.2) is 0 Å². The van der Waals surface area contributed by atoms with Crippen molar-refractivity contribution in [2.75, 3.05) is 13.7 Å². The molecule has 0 N–H and O–H groups in total. The molecule has 0 aliphatic rings. The third-order valence-electron chi connectivity index (χ3n) is 3.88. The number of aromatic nitrogens is 2. The average molecular weight is 368 g/mol. The summed E-state index contributed by atoms with van der Waals surface area (Å²) in [6.45, 7) is 2.34. The summed E-state index contributed by atoms with van der Waals surface area (Å²) in [6.07, 6.45) is 4.97. The highest BCUT2D eigenvalue weighted by Gasteiger charge is 2.08. The first kappa shape index (κ1) is 18.1. The topological polar surface area (TPSA) is 61.3 Å². The zero-order chi connectivity index (χ0) is 18.4. The molecule has 3 rings (SSSR count). The molecule has 134 valence electrons. The summed E-state index contributed by atoms with van der Waals surface area (Å²) in [7, 11) is 1.61. The van der Waals surface area contributed by atoms with Gasteiger partial charge < -0.3 is 9.47 Å². The van der Waals surface area contributed by atoms with Gasteiger partial charge in [0, 0.05) is 17.1 Å². The standard InChI is InChI=1S/C20H20N2O3S/c1-14-22-19(13-26-14)16-5-7-17(8-6-16)20(23)25-9-3-4-15-10-18(24-2)12-21-11-15/h5-8,10-13H,3-4,9H2,1-2H3.